The van der Waals surface area contributed by atoms with E-state index in [-0.39, 0.29) is 30.3 Å². The summed E-state index contributed by atoms with van der Waals surface area (Å²) in [5.74, 6) is 1.77. The van der Waals surface area contributed by atoms with Gasteiger partial charge in [-0.05, 0) is 61.7 Å². The van der Waals surface area contributed by atoms with E-state index in [1.807, 2.05) is 18.2 Å². The molecule has 140 valence electrons. The quantitative estimate of drug-likeness (QED) is 0.812. The molecule has 2 N–H and O–H groups in total. The molecule has 2 aliphatic rings. The van der Waals surface area contributed by atoms with E-state index in [0.29, 0.717) is 11.3 Å². The van der Waals surface area contributed by atoms with Crippen molar-refractivity contribution in [3.63, 3.8) is 0 Å². The molecular weight excluding hydrogens is 336 g/mol. The van der Waals surface area contributed by atoms with Gasteiger partial charge in [0.2, 0.25) is 5.91 Å². The topological polar surface area (TPSA) is 50.4 Å². The molecule has 1 saturated carbocycles. The monoisotopic (exact) mass is 366 g/mol. The minimum Gasteiger partial charge on any atom is -0.496 e. The molecule has 25 heavy (non-hydrogen) atoms. The van der Waals surface area contributed by atoms with Crippen molar-refractivity contribution >= 4 is 18.3 Å². The van der Waals surface area contributed by atoms with Crippen molar-refractivity contribution in [3.05, 3.63) is 29.8 Å². The Kier molecular flexibility index (Phi) is 6.75. The first-order valence-electron chi connectivity index (χ1n) is 9.19. The standard InChI is InChI=1S/C20H30N2O2.ClH/c1-14(2)17(12-15-6-4-5-7-18(15)24-3)22-19(23)16-13-20(16)8-10-21-11-9-20;/h4-7,14,16-17,21H,8-13H2,1-3H3,(H,22,23);1H. The summed E-state index contributed by atoms with van der Waals surface area (Å²) in [6.07, 6.45) is 4.17. The molecule has 1 heterocycles. The fourth-order valence-corrected chi connectivity index (χ4v) is 4.04. The minimum atomic E-state index is 0. The van der Waals surface area contributed by atoms with Crippen molar-refractivity contribution in [1.29, 1.82) is 0 Å². The van der Waals surface area contributed by atoms with Gasteiger partial charge in [0, 0.05) is 12.0 Å². The molecule has 1 aliphatic heterocycles. The molecule has 5 heteroatoms. The molecule has 0 aromatic heterocycles. The van der Waals surface area contributed by atoms with E-state index in [9.17, 15) is 4.79 Å². The Labute approximate surface area is 157 Å². The van der Waals surface area contributed by atoms with Gasteiger partial charge in [0.15, 0.2) is 0 Å². The lowest BCUT2D eigenvalue weighted by atomic mass is 9.91. The number of nitrogens with one attached hydrogen (secondary N) is 2. The van der Waals surface area contributed by atoms with Crippen molar-refractivity contribution in [2.75, 3.05) is 20.2 Å². The number of methoxy groups -OCH3 is 1. The zero-order chi connectivity index (χ0) is 17.2. The number of amides is 1. The van der Waals surface area contributed by atoms with Crippen LogP contribution in [0.5, 0.6) is 5.75 Å². The number of hydrogen-bond donors (Lipinski definition) is 2. The van der Waals surface area contributed by atoms with Crippen LogP contribution in [0.1, 0.15) is 38.7 Å². The first-order valence-corrected chi connectivity index (χ1v) is 9.19. The number of benzene rings is 1. The molecule has 1 aromatic carbocycles. The second-order valence-electron chi connectivity index (χ2n) is 7.74. The van der Waals surface area contributed by atoms with Crippen molar-refractivity contribution in [1.82, 2.24) is 10.6 Å². The Morgan fingerprint density at radius 1 is 1.32 bits per heavy atom. The maximum atomic E-state index is 12.8. The van der Waals surface area contributed by atoms with Crippen molar-refractivity contribution in [3.8, 4) is 5.75 Å². The summed E-state index contributed by atoms with van der Waals surface area (Å²) in [4.78, 5) is 12.8. The second-order valence-corrected chi connectivity index (χ2v) is 7.74. The zero-order valence-electron chi connectivity index (χ0n) is 15.5. The maximum absolute atomic E-state index is 12.8. The minimum absolute atomic E-state index is 0. The van der Waals surface area contributed by atoms with E-state index in [1.54, 1.807) is 7.11 Å². The summed E-state index contributed by atoms with van der Waals surface area (Å²) in [5, 5.41) is 6.73. The molecule has 1 aromatic rings. The average Bonchev–Trinajstić information content (AvgIpc) is 3.28. The fourth-order valence-electron chi connectivity index (χ4n) is 4.04. The highest BCUT2D eigenvalue weighted by Crippen LogP contribution is 2.58. The summed E-state index contributed by atoms with van der Waals surface area (Å²) < 4.78 is 5.46. The highest BCUT2D eigenvalue weighted by atomic mass is 35.5. The Balaban J connectivity index is 0.00000225. The van der Waals surface area contributed by atoms with Crippen LogP contribution in [0.25, 0.3) is 0 Å². The lowest BCUT2D eigenvalue weighted by Gasteiger charge is -2.26. The first-order chi connectivity index (χ1) is 11.6. The predicted octanol–water partition coefficient (Wildman–Crippen LogP) is 3.19. The average molecular weight is 367 g/mol. The van der Waals surface area contributed by atoms with Crippen LogP contribution < -0.4 is 15.4 Å². The molecular formula is C20H31ClN2O2. The van der Waals surface area contributed by atoms with Gasteiger partial charge in [-0.1, -0.05) is 32.0 Å². The van der Waals surface area contributed by atoms with Gasteiger partial charge in [-0.2, -0.15) is 0 Å². The molecule has 2 unspecified atom stereocenters. The smallest absolute Gasteiger partial charge is 0.223 e. The van der Waals surface area contributed by atoms with Crippen LogP contribution in [0, 0.1) is 17.3 Å². The predicted molar refractivity (Wildman–Crippen MR) is 103 cm³/mol. The second kappa shape index (κ2) is 8.41. The Hall–Kier alpha value is -1.26. The molecule has 2 fully saturated rings. The Morgan fingerprint density at radius 2 is 2.00 bits per heavy atom. The van der Waals surface area contributed by atoms with Crippen LogP contribution in [0.3, 0.4) is 0 Å². The summed E-state index contributed by atoms with van der Waals surface area (Å²) in [5.41, 5.74) is 1.45. The largest absolute Gasteiger partial charge is 0.496 e. The fraction of sp³-hybridized carbons (Fsp3) is 0.650. The molecule has 1 aliphatic carbocycles. The third-order valence-electron chi connectivity index (χ3n) is 5.87. The van der Waals surface area contributed by atoms with Crippen LogP contribution >= 0.6 is 12.4 Å². The SMILES string of the molecule is COc1ccccc1CC(NC(=O)C1CC12CCNCC2)C(C)C.Cl. The Bertz CT molecular complexity index is 585. The molecule has 1 saturated heterocycles. The Morgan fingerprint density at radius 3 is 2.64 bits per heavy atom. The summed E-state index contributed by atoms with van der Waals surface area (Å²) in [6, 6.07) is 8.23. The number of para-hydroxylation sites is 1. The normalized spacial score (nSPS) is 22.2. The van der Waals surface area contributed by atoms with E-state index in [0.717, 1.165) is 50.1 Å². The lowest BCUT2D eigenvalue weighted by molar-refractivity contribution is -0.124. The summed E-state index contributed by atoms with van der Waals surface area (Å²) in [7, 11) is 1.70. The molecule has 0 bridgehead atoms. The van der Waals surface area contributed by atoms with Gasteiger partial charge >= 0.3 is 0 Å². The third kappa shape index (κ3) is 4.48. The summed E-state index contributed by atoms with van der Waals surface area (Å²) in [6.45, 7) is 6.46. The van der Waals surface area contributed by atoms with E-state index in [1.165, 1.54) is 0 Å². The molecule has 2 atom stereocenters. The van der Waals surface area contributed by atoms with Crippen molar-refractivity contribution in [2.45, 2.75) is 45.6 Å². The van der Waals surface area contributed by atoms with E-state index < -0.39 is 0 Å². The van der Waals surface area contributed by atoms with Crippen LogP contribution in [0.15, 0.2) is 24.3 Å². The zero-order valence-corrected chi connectivity index (χ0v) is 16.3. The van der Waals surface area contributed by atoms with Gasteiger partial charge in [-0.3, -0.25) is 4.79 Å². The van der Waals surface area contributed by atoms with E-state index in [2.05, 4.69) is 30.5 Å². The number of ether oxygens (including phenoxy) is 1. The first kappa shape index (κ1) is 20.1. The van der Waals surface area contributed by atoms with Gasteiger partial charge in [0.25, 0.3) is 0 Å². The number of rotatable bonds is 6. The van der Waals surface area contributed by atoms with Gasteiger partial charge in [-0.25, -0.2) is 0 Å². The van der Waals surface area contributed by atoms with Gasteiger partial charge in [-0.15, -0.1) is 12.4 Å². The highest BCUT2D eigenvalue weighted by molar-refractivity contribution is 5.85. The van der Waals surface area contributed by atoms with Crippen LogP contribution in [0.2, 0.25) is 0 Å². The number of halogens is 1. The maximum Gasteiger partial charge on any atom is 0.223 e. The van der Waals surface area contributed by atoms with Crippen LogP contribution in [-0.2, 0) is 11.2 Å². The molecule has 0 radical (unpaired) electrons. The lowest BCUT2D eigenvalue weighted by Crippen LogP contribution is -2.42. The van der Waals surface area contributed by atoms with Gasteiger partial charge < -0.3 is 15.4 Å². The molecule has 1 spiro atoms. The summed E-state index contributed by atoms with van der Waals surface area (Å²) >= 11 is 0. The van der Waals surface area contributed by atoms with Crippen LogP contribution in [-0.4, -0.2) is 32.1 Å². The highest BCUT2D eigenvalue weighted by Gasteiger charge is 2.57. The number of piperidine rings is 1. The molecule has 1 amide bonds. The van der Waals surface area contributed by atoms with Gasteiger partial charge in [0.1, 0.15) is 5.75 Å². The van der Waals surface area contributed by atoms with Gasteiger partial charge in [0.05, 0.1) is 7.11 Å². The van der Waals surface area contributed by atoms with Crippen molar-refractivity contribution < 1.29 is 9.53 Å². The number of carbonyl (C=O) groups excluding carboxylic acids is 1. The number of carbonyl (C=O) groups is 1. The van der Waals surface area contributed by atoms with E-state index in [4.69, 9.17) is 4.74 Å². The third-order valence-corrected chi connectivity index (χ3v) is 5.87. The van der Waals surface area contributed by atoms with E-state index >= 15 is 0 Å². The van der Waals surface area contributed by atoms with Crippen molar-refractivity contribution in [2.24, 2.45) is 17.3 Å². The molecule has 3 rings (SSSR count). The molecule has 4 nitrogen and oxygen atoms in total. The van der Waals surface area contributed by atoms with Crippen LogP contribution in [0.4, 0.5) is 0 Å². The number of hydrogen-bond acceptors (Lipinski definition) is 3.